The minimum absolute atomic E-state index is 0.186. The van der Waals surface area contributed by atoms with Gasteiger partial charge < -0.3 is 4.74 Å². The van der Waals surface area contributed by atoms with Gasteiger partial charge in [-0.3, -0.25) is 4.79 Å². The Hall–Kier alpha value is -1.04. The third-order valence-electron chi connectivity index (χ3n) is 1.39. The Balaban J connectivity index is 3.65. The molecule has 1 atom stereocenters. The summed E-state index contributed by atoms with van der Waals surface area (Å²) < 4.78 is 4.69. The molecule has 0 aromatic heterocycles. The van der Waals surface area contributed by atoms with E-state index < -0.39 is 0 Å². The fourth-order valence-corrected chi connectivity index (χ4v) is 0.702. The summed E-state index contributed by atoms with van der Waals surface area (Å²) in [4.78, 5) is 10.8. The van der Waals surface area contributed by atoms with E-state index in [4.69, 9.17) is 5.26 Å². The number of nitrogens with zero attached hydrogens (tertiary/aromatic N) is 1. The van der Waals surface area contributed by atoms with Crippen LogP contribution in [0.25, 0.3) is 0 Å². The van der Waals surface area contributed by atoms with Gasteiger partial charge in [0.05, 0.1) is 25.0 Å². The molecule has 0 rings (SSSR count). The first-order valence-electron chi connectivity index (χ1n) is 3.79. The smallest absolute Gasteiger partial charge is 0.307 e. The molecule has 0 aromatic carbocycles. The number of nitriles is 1. The molecule has 1 unspecified atom stereocenters. The van der Waals surface area contributed by atoms with Crippen molar-refractivity contribution in [2.45, 2.75) is 26.7 Å². The number of hydrogen-bond acceptors (Lipinski definition) is 3. The van der Waals surface area contributed by atoms with E-state index >= 15 is 0 Å². The van der Waals surface area contributed by atoms with Crippen LogP contribution in [0.3, 0.4) is 0 Å². The zero-order chi connectivity index (χ0) is 8.69. The van der Waals surface area contributed by atoms with Gasteiger partial charge in [-0.1, -0.05) is 6.92 Å². The average Bonchev–Trinajstić information content (AvgIpc) is 2.01. The molecule has 0 aliphatic carbocycles. The second-order valence-corrected chi connectivity index (χ2v) is 2.24. The van der Waals surface area contributed by atoms with Gasteiger partial charge in [-0.15, -0.1) is 0 Å². The summed E-state index contributed by atoms with van der Waals surface area (Å²) in [5, 5.41) is 8.49. The molecule has 11 heavy (non-hydrogen) atoms. The lowest BCUT2D eigenvalue weighted by Crippen LogP contribution is -2.09. The minimum Gasteiger partial charge on any atom is -0.466 e. The van der Waals surface area contributed by atoms with Crippen LogP contribution >= 0.6 is 0 Å². The summed E-state index contributed by atoms with van der Waals surface area (Å²) in [7, 11) is 0. The number of carbonyl (C=O) groups is 1. The van der Waals surface area contributed by atoms with Gasteiger partial charge in [0.15, 0.2) is 0 Å². The third kappa shape index (κ3) is 4.38. The van der Waals surface area contributed by atoms with E-state index in [0.717, 1.165) is 0 Å². The maximum atomic E-state index is 10.8. The first kappa shape index (κ1) is 9.96. The van der Waals surface area contributed by atoms with Gasteiger partial charge in [0, 0.05) is 0 Å². The molecule has 0 aromatic rings. The molecule has 0 aliphatic rings. The van der Waals surface area contributed by atoms with Crippen LogP contribution in [-0.2, 0) is 9.53 Å². The Bertz CT molecular complexity index is 160. The van der Waals surface area contributed by atoms with Crippen molar-refractivity contribution in [3.8, 4) is 6.07 Å². The van der Waals surface area contributed by atoms with Crippen molar-refractivity contribution in [2.75, 3.05) is 6.61 Å². The molecule has 0 saturated heterocycles. The molecule has 0 amide bonds. The molecular formula is C8H13NO2. The van der Waals surface area contributed by atoms with Crippen LogP contribution in [0, 0.1) is 17.2 Å². The fraction of sp³-hybridized carbons (Fsp3) is 0.750. The van der Waals surface area contributed by atoms with Gasteiger partial charge in [-0.25, -0.2) is 0 Å². The quantitative estimate of drug-likeness (QED) is 0.578. The van der Waals surface area contributed by atoms with Crippen LogP contribution in [0.5, 0.6) is 0 Å². The van der Waals surface area contributed by atoms with E-state index in [1.165, 1.54) is 0 Å². The van der Waals surface area contributed by atoms with Gasteiger partial charge in [0.25, 0.3) is 0 Å². The molecule has 0 heterocycles. The molecule has 0 bridgehead atoms. The lowest BCUT2D eigenvalue weighted by Gasteiger charge is -2.03. The zero-order valence-corrected chi connectivity index (χ0v) is 6.96. The summed E-state index contributed by atoms with van der Waals surface area (Å²) in [6, 6.07) is 2.04. The predicted octanol–water partition coefficient (Wildman–Crippen LogP) is 1.49. The van der Waals surface area contributed by atoms with Crippen LogP contribution in [0.1, 0.15) is 26.7 Å². The number of esters is 1. The highest BCUT2D eigenvalue weighted by atomic mass is 16.5. The summed E-state index contributed by atoms with van der Waals surface area (Å²) in [6.07, 6.45) is 0.927. The first-order chi connectivity index (χ1) is 5.24. The highest BCUT2D eigenvalue weighted by Gasteiger charge is 2.10. The van der Waals surface area contributed by atoms with Crippen molar-refractivity contribution in [2.24, 2.45) is 5.92 Å². The van der Waals surface area contributed by atoms with Crippen molar-refractivity contribution in [1.82, 2.24) is 0 Å². The molecule has 0 spiro atoms. The standard InChI is InChI=1S/C8H13NO2/c1-3-7(6-9)5-8(10)11-4-2/h7H,3-5H2,1-2H3. The Morgan fingerprint density at radius 3 is 2.64 bits per heavy atom. The number of carbonyl (C=O) groups excluding carboxylic acids is 1. The summed E-state index contributed by atoms with van der Waals surface area (Å²) >= 11 is 0. The Labute approximate surface area is 67.0 Å². The second-order valence-electron chi connectivity index (χ2n) is 2.24. The maximum absolute atomic E-state index is 10.8. The summed E-state index contributed by atoms with van der Waals surface area (Å²) in [6.45, 7) is 4.03. The Kier molecular flexibility index (Phi) is 5.18. The normalized spacial score (nSPS) is 11.7. The van der Waals surface area contributed by atoms with E-state index in [0.29, 0.717) is 13.0 Å². The van der Waals surface area contributed by atoms with Gasteiger partial charge in [0.2, 0.25) is 0 Å². The summed E-state index contributed by atoms with van der Waals surface area (Å²) in [5.41, 5.74) is 0. The van der Waals surface area contributed by atoms with Crippen LogP contribution < -0.4 is 0 Å². The SMILES string of the molecule is CCOC(=O)CC(C#N)CC. The predicted molar refractivity (Wildman–Crippen MR) is 40.6 cm³/mol. The molecule has 0 radical (unpaired) electrons. The van der Waals surface area contributed by atoms with Crippen molar-refractivity contribution in [3.63, 3.8) is 0 Å². The molecule has 0 aliphatic heterocycles. The molecule has 3 nitrogen and oxygen atoms in total. The molecular weight excluding hydrogens is 142 g/mol. The van der Waals surface area contributed by atoms with Crippen LogP contribution in [-0.4, -0.2) is 12.6 Å². The third-order valence-corrected chi connectivity index (χ3v) is 1.39. The highest BCUT2D eigenvalue weighted by Crippen LogP contribution is 2.06. The van der Waals surface area contributed by atoms with Gasteiger partial charge >= 0.3 is 5.97 Å². The molecule has 0 saturated carbocycles. The van der Waals surface area contributed by atoms with Gasteiger partial charge in [-0.2, -0.15) is 5.26 Å². The number of rotatable bonds is 4. The van der Waals surface area contributed by atoms with Crippen molar-refractivity contribution >= 4 is 5.97 Å². The van der Waals surface area contributed by atoms with Crippen LogP contribution in [0.4, 0.5) is 0 Å². The monoisotopic (exact) mass is 155 g/mol. The van der Waals surface area contributed by atoms with E-state index in [1.54, 1.807) is 6.92 Å². The van der Waals surface area contributed by atoms with Crippen molar-refractivity contribution in [1.29, 1.82) is 5.26 Å². The van der Waals surface area contributed by atoms with Crippen LogP contribution in [0.2, 0.25) is 0 Å². The average molecular weight is 155 g/mol. The highest BCUT2D eigenvalue weighted by molar-refractivity contribution is 5.69. The van der Waals surface area contributed by atoms with Crippen LogP contribution in [0.15, 0.2) is 0 Å². The molecule has 62 valence electrons. The van der Waals surface area contributed by atoms with E-state index in [2.05, 4.69) is 4.74 Å². The lowest BCUT2D eigenvalue weighted by atomic mass is 10.1. The first-order valence-corrected chi connectivity index (χ1v) is 3.79. The number of ether oxygens (including phenoxy) is 1. The largest absolute Gasteiger partial charge is 0.466 e. The Morgan fingerprint density at radius 1 is 1.64 bits per heavy atom. The summed E-state index contributed by atoms with van der Waals surface area (Å²) in [5.74, 6) is -0.463. The minimum atomic E-state index is -0.277. The second kappa shape index (κ2) is 5.72. The molecule has 0 N–H and O–H groups in total. The Morgan fingerprint density at radius 2 is 2.27 bits per heavy atom. The maximum Gasteiger partial charge on any atom is 0.307 e. The topological polar surface area (TPSA) is 50.1 Å². The zero-order valence-electron chi connectivity index (χ0n) is 6.96. The van der Waals surface area contributed by atoms with Crippen molar-refractivity contribution in [3.05, 3.63) is 0 Å². The van der Waals surface area contributed by atoms with Crippen molar-refractivity contribution < 1.29 is 9.53 Å². The lowest BCUT2D eigenvalue weighted by molar-refractivity contribution is -0.143. The van der Waals surface area contributed by atoms with E-state index in [9.17, 15) is 4.79 Å². The van der Waals surface area contributed by atoms with E-state index in [1.807, 2.05) is 13.0 Å². The molecule has 3 heteroatoms. The van der Waals surface area contributed by atoms with E-state index in [-0.39, 0.29) is 18.3 Å². The van der Waals surface area contributed by atoms with Gasteiger partial charge in [-0.05, 0) is 13.3 Å². The number of hydrogen-bond donors (Lipinski definition) is 0. The van der Waals surface area contributed by atoms with Gasteiger partial charge in [0.1, 0.15) is 0 Å². The fourth-order valence-electron chi connectivity index (χ4n) is 0.702. The molecule has 0 fully saturated rings.